The second-order valence-corrected chi connectivity index (χ2v) is 9.11. The zero-order chi connectivity index (χ0) is 21.3. The number of allylic oxidation sites excluding steroid dienone is 1. The summed E-state index contributed by atoms with van der Waals surface area (Å²) >= 11 is 0. The molecule has 2 aliphatic carbocycles. The van der Waals surface area contributed by atoms with Crippen molar-refractivity contribution in [2.75, 3.05) is 13.2 Å². The third-order valence-electron chi connectivity index (χ3n) is 7.13. The second kappa shape index (κ2) is 11.7. The van der Waals surface area contributed by atoms with Gasteiger partial charge < -0.3 is 9.47 Å². The van der Waals surface area contributed by atoms with Crippen molar-refractivity contribution in [3.8, 4) is 11.5 Å². The van der Waals surface area contributed by atoms with E-state index in [1.807, 2.05) is 6.08 Å². The molecule has 0 aromatic heterocycles. The fourth-order valence-corrected chi connectivity index (χ4v) is 5.44. The lowest BCUT2D eigenvalue weighted by Crippen LogP contribution is -2.25. The van der Waals surface area contributed by atoms with Crippen molar-refractivity contribution in [3.05, 3.63) is 35.9 Å². The Morgan fingerprint density at radius 3 is 1.97 bits per heavy atom. The predicted octanol–water partition coefficient (Wildman–Crippen LogP) is 7.71. The van der Waals surface area contributed by atoms with Gasteiger partial charge in [-0.15, -0.1) is 0 Å². The molecule has 0 aliphatic heterocycles. The molecule has 1 aromatic rings. The number of rotatable bonds is 9. The molecule has 3 rings (SSSR count). The monoisotopic (exact) mass is 420 g/mol. The maximum atomic E-state index is 14.1. The van der Waals surface area contributed by atoms with Gasteiger partial charge in [-0.25, -0.2) is 0 Å². The van der Waals surface area contributed by atoms with Crippen LogP contribution in [0.15, 0.2) is 24.3 Å². The molecule has 30 heavy (non-hydrogen) atoms. The molecule has 0 unspecified atom stereocenters. The summed E-state index contributed by atoms with van der Waals surface area (Å²) in [7, 11) is 0. The van der Waals surface area contributed by atoms with E-state index in [2.05, 4.69) is 13.0 Å². The largest absolute Gasteiger partial charge is 0.491 e. The van der Waals surface area contributed by atoms with Crippen molar-refractivity contribution in [2.24, 2.45) is 23.7 Å². The highest BCUT2D eigenvalue weighted by atomic mass is 19.2. The van der Waals surface area contributed by atoms with E-state index in [9.17, 15) is 8.78 Å². The second-order valence-electron chi connectivity index (χ2n) is 9.11. The van der Waals surface area contributed by atoms with Crippen LogP contribution < -0.4 is 9.47 Å². The molecule has 2 fully saturated rings. The molecule has 0 bridgehead atoms. The normalized spacial score (nSPS) is 27.3. The van der Waals surface area contributed by atoms with E-state index in [1.54, 1.807) is 6.92 Å². The zero-order valence-electron chi connectivity index (χ0n) is 18.7. The molecule has 0 amide bonds. The quantitative estimate of drug-likeness (QED) is 0.381. The molecular formula is C26H38F2O2. The van der Waals surface area contributed by atoms with Crippen LogP contribution in [0, 0.1) is 35.3 Å². The summed E-state index contributed by atoms with van der Waals surface area (Å²) in [5.74, 6) is 1.32. The first kappa shape index (κ1) is 23.1. The fraction of sp³-hybridized carbons (Fsp3) is 0.692. The Hall–Kier alpha value is -1.58. The summed E-state index contributed by atoms with van der Waals surface area (Å²) < 4.78 is 38.4. The molecular weight excluding hydrogens is 382 g/mol. The highest BCUT2D eigenvalue weighted by molar-refractivity contribution is 5.35. The topological polar surface area (TPSA) is 18.5 Å². The number of benzene rings is 1. The van der Waals surface area contributed by atoms with Crippen molar-refractivity contribution in [1.82, 2.24) is 0 Å². The standard InChI is InChI=1S/C26H38F2O2/c1-3-6-19-8-12-21(13-9-19)22-14-10-20(11-15-22)7-5-18-30-24-17-16-23(29-4-2)25(27)26(24)28/h5,7,16-17,19-22H,3-4,6,8-15,18H2,1-2H3. The summed E-state index contributed by atoms with van der Waals surface area (Å²) in [6.45, 7) is 4.59. The number of hydrogen-bond acceptors (Lipinski definition) is 2. The van der Waals surface area contributed by atoms with Crippen molar-refractivity contribution < 1.29 is 18.3 Å². The average Bonchev–Trinajstić information content (AvgIpc) is 2.77. The van der Waals surface area contributed by atoms with Crippen molar-refractivity contribution >= 4 is 0 Å². The van der Waals surface area contributed by atoms with Crippen LogP contribution >= 0.6 is 0 Å². The van der Waals surface area contributed by atoms with E-state index in [0.717, 1.165) is 17.8 Å². The lowest BCUT2D eigenvalue weighted by Gasteiger charge is -2.37. The van der Waals surface area contributed by atoms with Gasteiger partial charge in [0.25, 0.3) is 0 Å². The van der Waals surface area contributed by atoms with Gasteiger partial charge in [0.2, 0.25) is 11.6 Å². The van der Waals surface area contributed by atoms with Gasteiger partial charge in [0.05, 0.1) is 6.61 Å². The Balaban J connectivity index is 1.38. The summed E-state index contributed by atoms with van der Waals surface area (Å²) in [6, 6.07) is 2.84. The molecule has 0 spiro atoms. The summed E-state index contributed by atoms with van der Waals surface area (Å²) in [5.41, 5.74) is 0. The third-order valence-corrected chi connectivity index (χ3v) is 7.13. The Labute approximate surface area is 181 Å². The van der Waals surface area contributed by atoms with Crippen LogP contribution in [0.25, 0.3) is 0 Å². The van der Waals surface area contributed by atoms with Crippen LogP contribution in [-0.2, 0) is 0 Å². The molecule has 0 heterocycles. The fourth-order valence-electron chi connectivity index (χ4n) is 5.44. The Morgan fingerprint density at radius 2 is 1.40 bits per heavy atom. The highest BCUT2D eigenvalue weighted by Crippen LogP contribution is 2.42. The van der Waals surface area contributed by atoms with Crippen LogP contribution in [0.1, 0.15) is 78.1 Å². The average molecular weight is 421 g/mol. The van der Waals surface area contributed by atoms with Gasteiger partial charge in [-0.1, -0.05) is 44.8 Å². The lowest BCUT2D eigenvalue weighted by atomic mass is 9.69. The molecule has 1 aromatic carbocycles. The van der Waals surface area contributed by atoms with Gasteiger partial charge in [-0.2, -0.15) is 8.78 Å². The van der Waals surface area contributed by atoms with E-state index >= 15 is 0 Å². The van der Waals surface area contributed by atoms with Gasteiger partial charge in [0, 0.05) is 0 Å². The van der Waals surface area contributed by atoms with Gasteiger partial charge in [0.15, 0.2) is 11.5 Å². The van der Waals surface area contributed by atoms with Crippen LogP contribution in [0.2, 0.25) is 0 Å². The minimum atomic E-state index is -0.986. The van der Waals surface area contributed by atoms with Gasteiger partial charge >= 0.3 is 0 Å². The van der Waals surface area contributed by atoms with Crippen LogP contribution in [-0.4, -0.2) is 13.2 Å². The molecule has 0 saturated heterocycles. The van der Waals surface area contributed by atoms with Crippen molar-refractivity contribution in [2.45, 2.75) is 78.1 Å². The number of hydrogen-bond donors (Lipinski definition) is 0. The van der Waals surface area contributed by atoms with E-state index in [-0.39, 0.29) is 18.1 Å². The highest BCUT2D eigenvalue weighted by Gasteiger charge is 2.30. The van der Waals surface area contributed by atoms with E-state index in [1.165, 1.54) is 76.3 Å². The maximum absolute atomic E-state index is 14.1. The lowest BCUT2D eigenvalue weighted by molar-refractivity contribution is 0.152. The molecule has 0 radical (unpaired) electrons. The molecule has 2 saturated carbocycles. The Kier molecular flexibility index (Phi) is 9.02. The van der Waals surface area contributed by atoms with Gasteiger partial charge in [-0.3, -0.25) is 0 Å². The van der Waals surface area contributed by atoms with Crippen LogP contribution in [0.5, 0.6) is 11.5 Å². The SMILES string of the molecule is CCCC1CCC(C2CCC(C=CCOc3ccc(OCC)c(F)c3F)CC2)CC1. The Bertz CT molecular complexity index is 672. The summed E-state index contributed by atoms with van der Waals surface area (Å²) in [5, 5.41) is 0. The molecule has 168 valence electrons. The molecule has 2 aliphatic rings. The minimum Gasteiger partial charge on any atom is -0.491 e. The van der Waals surface area contributed by atoms with Crippen LogP contribution in [0.3, 0.4) is 0 Å². The minimum absolute atomic E-state index is 0.0667. The van der Waals surface area contributed by atoms with Gasteiger partial charge in [0.1, 0.15) is 6.61 Å². The first-order chi connectivity index (χ1) is 14.6. The summed E-state index contributed by atoms with van der Waals surface area (Å²) in [6.07, 6.45) is 17.8. The molecule has 0 atom stereocenters. The summed E-state index contributed by atoms with van der Waals surface area (Å²) in [4.78, 5) is 0. The maximum Gasteiger partial charge on any atom is 0.204 e. The van der Waals surface area contributed by atoms with Crippen LogP contribution in [0.4, 0.5) is 8.78 Å². The first-order valence-electron chi connectivity index (χ1n) is 12.0. The van der Waals surface area contributed by atoms with Gasteiger partial charge in [-0.05, 0) is 81.3 Å². The molecule has 4 heteroatoms. The number of ether oxygens (including phenoxy) is 2. The third kappa shape index (κ3) is 6.21. The number of halogens is 2. The Morgan fingerprint density at radius 1 is 0.833 bits per heavy atom. The van der Waals surface area contributed by atoms with Crippen molar-refractivity contribution in [3.63, 3.8) is 0 Å². The molecule has 0 N–H and O–H groups in total. The van der Waals surface area contributed by atoms with Crippen molar-refractivity contribution in [1.29, 1.82) is 0 Å². The predicted molar refractivity (Wildman–Crippen MR) is 118 cm³/mol. The van der Waals surface area contributed by atoms with E-state index in [4.69, 9.17) is 9.47 Å². The van der Waals surface area contributed by atoms with E-state index in [0.29, 0.717) is 12.5 Å². The molecule has 2 nitrogen and oxygen atoms in total. The zero-order valence-corrected chi connectivity index (χ0v) is 18.7. The first-order valence-corrected chi connectivity index (χ1v) is 12.0. The van der Waals surface area contributed by atoms with E-state index < -0.39 is 11.6 Å². The smallest absolute Gasteiger partial charge is 0.204 e.